The summed E-state index contributed by atoms with van der Waals surface area (Å²) in [6.45, 7) is 18.0. The monoisotopic (exact) mass is 711 g/mol. The van der Waals surface area contributed by atoms with Crippen molar-refractivity contribution in [2.24, 2.45) is 46.3 Å². The van der Waals surface area contributed by atoms with E-state index in [4.69, 9.17) is 0 Å². The van der Waals surface area contributed by atoms with Gasteiger partial charge in [-0.15, -0.1) is 0 Å². The number of phenols is 4. The van der Waals surface area contributed by atoms with Gasteiger partial charge in [0, 0.05) is 21.5 Å². The van der Waals surface area contributed by atoms with Crippen molar-refractivity contribution in [1.29, 1.82) is 0 Å². The lowest BCUT2D eigenvalue weighted by Crippen LogP contribution is -2.30. The first-order chi connectivity index (χ1) is 25.0. The van der Waals surface area contributed by atoms with Gasteiger partial charge < -0.3 is 20.4 Å². The van der Waals surface area contributed by atoms with Crippen LogP contribution in [0.3, 0.4) is 0 Å². The SMILES string of the molecule is CC.CC.CC1(C)CC2CC1C1CCCC21.CC1(C)CCCC1C1CCCC1.Oc1cccc2c(O)cccc12.Oc1cccc2c(O)cccc12. The Morgan fingerprint density at radius 3 is 1.27 bits per heavy atom. The van der Waals surface area contributed by atoms with Gasteiger partial charge in [-0.2, -0.15) is 0 Å². The summed E-state index contributed by atoms with van der Waals surface area (Å²) >= 11 is 0. The highest BCUT2D eigenvalue weighted by molar-refractivity contribution is 5.93. The molecule has 5 saturated carbocycles. The van der Waals surface area contributed by atoms with Gasteiger partial charge in [-0.3, -0.25) is 0 Å². The van der Waals surface area contributed by atoms with E-state index in [0.717, 1.165) is 29.6 Å². The lowest BCUT2D eigenvalue weighted by atomic mass is 9.68. The van der Waals surface area contributed by atoms with E-state index in [0.29, 0.717) is 32.4 Å². The number of aromatic hydroxyl groups is 4. The van der Waals surface area contributed by atoms with Crippen LogP contribution < -0.4 is 0 Å². The number of fused-ring (bicyclic) bond motifs is 7. The molecule has 4 aromatic carbocycles. The molecule has 0 spiro atoms. The van der Waals surface area contributed by atoms with Crippen LogP contribution in [0, 0.1) is 46.3 Å². The molecule has 0 aliphatic heterocycles. The summed E-state index contributed by atoms with van der Waals surface area (Å²) in [5, 5.41) is 40.3. The summed E-state index contributed by atoms with van der Waals surface area (Å²) in [4.78, 5) is 0. The Balaban J connectivity index is 0.000000150. The second-order valence-electron chi connectivity index (χ2n) is 16.9. The van der Waals surface area contributed by atoms with Crippen molar-refractivity contribution in [2.45, 2.75) is 132 Å². The molecule has 5 aliphatic carbocycles. The summed E-state index contributed by atoms with van der Waals surface area (Å²) in [6, 6.07) is 20.3. The van der Waals surface area contributed by atoms with Crippen LogP contribution in [0.1, 0.15) is 132 Å². The predicted octanol–water partition coefficient (Wildman–Crippen LogP) is 14.0. The molecule has 5 fully saturated rings. The number of rotatable bonds is 1. The highest BCUT2D eigenvalue weighted by Gasteiger charge is 2.56. The zero-order valence-corrected chi connectivity index (χ0v) is 33.7. The summed E-state index contributed by atoms with van der Waals surface area (Å²) in [7, 11) is 0. The number of hydrogen-bond acceptors (Lipinski definition) is 4. The molecule has 4 N–H and O–H groups in total. The molecular formula is C48H70O4. The first kappa shape index (κ1) is 41.4. The number of hydrogen-bond donors (Lipinski definition) is 4. The first-order valence-electron chi connectivity index (χ1n) is 20.8. The molecular weight excluding hydrogens is 641 g/mol. The topological polar surface area (TPSA) is 80.9 Å². The molecule has 286 valence electrons. The molecule has 0 radical (unpaired) electrons. The zero-order valence-electron chi connectivity index (χ0n) is 33.7. The number of benzene rings is 4. The molecule has 5 unspecified atom stereocenters. The van der Waals surface area contributed by atoms with E-state index in [9.17, 15) is 20.4 Å². The highest BCUT2D eigenvalue weighted by atomic mass is 16.3. The number of phenolic OH excluding ortho intramolecular Hbond substituents is 4. The molecule has 4 nitrogen and oxygen atoms in total. The van der Waals surface area contributed by atoms with Crippen LogP contribution in [-0.2, 0) is 0 Å². The summed E-state index contributed by atoms with van der Waals surface area (Å²) < 4.78 is 0. The minimum absolute atomic E-state index is 0.198. The van der Waals surface area contributed by atoms with E-state index in [-0.39, 0.29) is 23.0 Å². The second-order valence-corrected chi connectivity index (χ2v) is 16.9. The average Bonchev–Trinajstić information content (AvgIpc) is 3.98. The van der Waals surface area contributed by atoms with E-state index >= 15 is 0 Å². The van der Waals surface area contributed by atoms with Crippen LogP contribution in [0.4, 0.5) is 0 Å². The molecule has 5 atom stereocenters. The fraction of sp³-hybridized carbons (Fsp3) is 0.583. The molecule has 0 saturated heterocycles. The molecule has 4 aromatic rings. The Morgan fingerprint density at radius 1 is 0.442 bits per heavy atom. The van der Waals surface area contributed by atoms with Gasteiger partial charge in [0.25, 0.3) is 0 Å². The van der Waals surface area contributed by atoms with Crippen LogP contribution in [0.2, 0.25) is 0 Å². The molecule has 9 rings (SSSR count). The first-order valence-corrected chi connectivity index (χ1v) is 20.8. The molecule has 5 aliphatic rings. The van der Waals surface area contributed by atoms with Crippen molar-refractivity contribution in [2.75, 3.05) is 0 Å². The van der Waals surface area contributed by atoms with Crippen molar-refractivity contribution in [3.63, 3.8) is 0 Å². The van der Waals surface area contributed by atoms with Gasteiger partial charge in [0.15, 0.2) is 0 Å². The van der Waals surface area contributed by atoms with E-state index < -0.39 is 0 Å². The minimum Gasteiger partial charge on any atom is -0.507 e. The van der Waals surface area contributed by atoms with Gasteiger partial charge in [-0.25, -0.2) is 0 Å². The summed E-state index contributed by atoms with van der Waals surface area (Å²) in [5.74, 6) is 7.52. The lowest BCUT2D eigenvalue weighted by Gasteiger charge is -2.37. The Kier molecular flexibility index (Phi) is 14.8. The Morgan fingerprint density at radius 2 is 0.865 bits per heavy atom. The molecule has 52 heavy (non-hydrogen) atoms. The maximum Gasteiger partial charge on any atom is 0.123 e. The van der Waals surface area contributed by atoms with Gasteiger partial charge >= 0.3 is 0 Å². The van der Waals surface area contributed by atoms with E-state index in [1.165, 1.54) is 50.9 Å². The molecule has 0 aromatic heterocycles. The van der Waals surface area contributed by atoms with Gasteiger partial charge in [-0.05, 0) is 109 Å². The van der Waals surface area contributed by atoms with Crippen LogP contribution >= 0.6 is 0 Å². The van der Waals surface area contributed by atoms with Crippen LogP contribution in [0.15, 0.2) is 72.8 Å². The fourth-order valence-electron chi connectivity index (χ4n) is 10.9. The highest BCUT2D eigenvalue weighted by Crippen LogP contribution is 2.65. The maximum absolute atomic E-state index is 9.38. The van der Waals surface area contributed by atoms with Gasteiger partial charge in [-0.1, -0.05) is 142 Å². The average molecular weight is 711 g/mol. The van der Waals surface area contributed by atoms with Crippen LogP contribution in [-0.4, -0.2) is 20.4 Å². The third kappa shape index (κ3) is 9.39. The third-order valence-electron chi connectivity index (χ3n) is 13.2. The maximum atomic E-state index is 9.38. The van der Waals surface area contributed by atoms with Gasteiger partial charge in [0.05, 0.1) is 0 Å². The van der Waals surface area contributed by atoms with Crippen LogP contribution in [0.25, 0.3) is 21.5 Å². The van der Waals surface area contributed by atoms with Crippen molar-refractivity contribution < 1.29 is 20.4 Å². The smallest absolute Gasteiger partial charge is 0.123 e. The van der Waals surface area contributed by atoms with E-state index in [1.807, 2.05) is 27.7 Å². The zero-order chi connectivity index (χ0) is 38.1. The fourth-order valence-corrected chi connectivity index (χ4v) is 10.9. The van der Waals surface area contributed by atoms with Crippen molar-refractivity contribution >= 4 is 21.5 Å². The standard InChI is InChI=1S/C12H20.C12H22.2C10H8O2.2C2H6/c1-12(2)7-8-6-11(12)10-5-3-4-9(8)10;1-12(2)9-5-8-11(12)10-6-3-4-7-10;2*11-9-5-1-3-7-8(9)4-2-6-10(7)12;2*1-2/h8-11H,3-7H2,1-2H3;10-11H,3-9H2,1-2H3;2*1-6,11-12H;2*1-2H3. The van der Waals surface area contributed by atoms with E-state index in [2.05, 4.69) is 27.7 Å². The van der Waals surface area contributed by atoms with Gasteiger partial charge in [0.2, 0.25) is 0 Å². The van der Waals surface area contributed by atoms with Gasteiger partial charge in [0.1, 0.15) is 23.0 Å². The lowest BCUT2D eigenvalue weighted by molar-refractivity contribution is 0.118. The largest absolute Gasteiger partial charge is 0.507 e. The Bertz CT molecular complexity index is 1510. The van der Waals surface area contributed by atoms with Crippen molar-refractivity contribution in [1.82, 2.24) is 0 Å². The predicted molar refractivity (Wildman–Crippen MR) is 221 cm³/mol. The molecule has 4 heteroatoms. The second kappa shape index (κ2) is 18.6. The van der Waals surface area contributed by atoms with E-state index in [1.54, 1.807) is 105 Å². The summed E-state index contributed by atoms with van der Waals surface area (Å²) in [6.07, 6.45) is 18.4. The molecule has 0 heterocycles. The summed E-state index contributed by atoms with van der Waals surface area (Å²) in [5.41, 5.74) is 1.38. The quantitative estimate of drug-likeness (QED) is 0.158. The van der Waals surface area contributed by atoms with Crippen molar-refractivity contribution in [3.05, 3.63) is 72.8 Å². The van der Waals surface area contributed by atoms with Crippen LogP contribution in [0.5, 0.6) is 23.0 Å². The third-order valence-corrected chi connectivity index (χ3v) is 13.2. The normalized spacial score (nSPS) is 25.9. The Hall–Kier alpha value is -3.40. The Labute approximate surface area is 315 Å². The minimum atomic E-state index is 0.198. The molecule has 2 bridgehead atoms. The molecule has 0 amide bonds. The van der Waals surface area contributed by atoms with Crippen molar-refractivity contribution in [3.8, 4) is 23.0 Å².